The van der Waals surface area contributed by atoms with Gasteiger partial charge in [-0.3, -0.25) is 28.9 Å². The summed E-state index contributed by atoms with van der Waals surface area (Å²) in [4.78, 5) is 87.3. The minimum Gasteiger partial charge on any atom is -0.488 e. The van der Waals surface area contributed by atoms with Crippen molar-refractivity contribution in [1.29, 1.82) is 5.26 Å². The number of amides is 5. The number of carbonyl (C=O) groups is 5. The van der Waals surface area contributed by atoms with Gasteiger partial charge in [-0.2, -0.15) is 5.26 Å². The molecule has 79 heavy (non-hydrogen) atoms. The van der Waals surface area contributed by atoms with Gasteiger partial charge in [0.1, 0.15) is 36.2 Å². The Balaban J connectivity index is 0.905. The zero-order valence-corrected chi connectivity index (χ0v) is 47.3. The number of nitrogens with one attached hydrogen (secondary N) is 3. The highest BCUT2D eigenvalue weighted by Gasteiger charge is 2.50. The van der Waals surface area contributed by atoms with Crippen LogP contribution in [-0.2, 0) is 38.8 Å². The molecule has 1 unspecified atom stereocenters. The SMILES string of the molecule is Cc1ncsc1-c1ccc(CNC(=O)[C@@H]2C[C@@H](Oc3ccc4c(c3)CN([C@H](C(=O)N3C[C@H](O)C[C@H]3C(=O)NCc3ccc(-c5scnc5C)cc3)C(C)(C)C)C4O)CN2C(=O)[C@@H](NC(=O)c2ccccc2C#N)C(C)(C)C)cc1. The first kappa shape index (κ1) is 56.4. The maximum Gasteiger partial charge on any atom is 0.253 e. The van der Waals surface area contributed by atoms with Crippen LogP contribution in [0.15, 0.2) is 102 Å². The highest BCUT2D eigenvalue weighted by atomic mass is 32.1. The molecule has 412 valence electrons. The molecule has 3 aliphatic rings. The highest BCUT2D eigenvalue weighted by Crippen LogP contribution is 2.42. The topological polar surface area (TPSA) is 230 Å². The van der Waals surface area contributed by atoms with Crippen molar-refractivity contribution in [2.24, 2.45) is 10.8 Å². The van der Waals surface area contributed by atoms with Gasteiger partial charge in [-0.25, -0.2) is 9.97 Å². The Hall–Kier alpha value is -7.34. The molecule has 5 amide bonds. The number of fused-ring (bicyclic) bond motifs is 1. The second-order valence-electron chi connectivity index (χ2n) is 22.8. The van der Waals surface area contributed by atoms with E-state index in [0.717, 1.165) is 43.4 Å². The molecule has 17 nitrogen and oxygen atoms in total. The number of benzene rings is 4. The Kier molecular flexibility index (Phi) is 16.5. The van der Waals surface area contributed by atoms with Gasteiger partial charge in [0.2, 0.25) is 23.6 Å². The smallest absolute Gasteiger partial charge is 0.253 e. The van der Waals surface area contributed by atoms with Gasteiger partial charge in [0.25, 0.3) is 5.91 Å². The van der Waals surface area contributed by atoms with E-state index in [1.165, 1.54) is 21.9 Å². The molecule has 0 radical (unpaired) electrons. The minimum atomic E-state index is -1.20. The lowest BCUT2D eigenvalue weighted by Gasteiger charge is -2.41. The molecule has 7 atom stereocenters. The summed E-state index contributed by atoms with van der Waals surface area (Å²) in [6.45, 7) is 15.6. The largest absolute Gasteiger partial charge is 0.488 e. The zero-order valence-electron chi connectivity index (χ0n) is 45.6. The quantitative estimate of drug-likeness (QED) is 0.0676. The van der Waals surface area contributed by atoms with Gasteiger partial charge in [-0.1, -0.05) is 108 Å². The van der Waals surface area contributed by atoms with Crippen LogP contribution in [0, 0.1) is 36.0 Å². The molecule has 3 aliphatic heterocycles. The number of hydrogen-bond acceptors (Lipinski definition) is 14. The standard InChI is InChI=1S/C60H67N9O8S2/c1-34-49(78-32-64-34)38-17-13-36(14-18-38)27-62-54(72)47-24-42(70)30-67(47)58(76)52(60(6,7)8)69-29-41-23-43(21-22-46(41)56(69)74)77-44-25-48(55(73)63-28-37-15-19-39(20-16-37)50-35(2)65-33-79-50)68(31-44)57(75)51(59(3,4)5)66-53(71)45-12-10-9-11-40(45)26-61/h9-23,32-33,42,44,47-48,51-52,56,70,74H,24-25,27-31H2,1-8H3,(H,62,72)(H,63,73)(H,66,71)/t42-,44-,47+,48+,51-,52-,56?/m1/s1. The van der Waals surface area contributed by atoms with Crippen LogP contribution in [0.2, 0.25) is 0 Å². The van der Waals surface area contributed by atoms with E-state index in [-0.39, 0.29) is 68.5 Å². The fourth-order valence-electron chi connectivity index (χ4n) is 10.9. The average molecular weight is 1110 g/mol. The molecule has 2 fully saturated rings. The third kappa shape index (κ3) is 12.3. The summed E-state index contributed by atoms with van der Waals surface area (Å²) in [5.74, 6) is -1.85. The predicted octanol–water partition coefficient (Wildman–Crippen LogP) is 7.43. The molecular formula is C60H67N9O8S2. The van der Waals surface area contributed by atoms with Crippen molar-refractivity contribution < 1.29 is 38.9 Å². The van der Waals surface area contributed by atoms with Crippen molar-refractivity contribution in [3.8, 4) is 32.7 Å². The molecular weight excluding hydrogens is 1040 g/mol. The molecule has 5 heterocycles. The maximum absolute atomic E-state index is 14.9. The predicted molar refractivity (Wildman–Crippen MR) is 301 cm³/mol. The van der Waals surface area contributed by atoms with Crippen molar-refractivity contribution in [3.05, 3.63) is 147 Å². The first-order valence-electron chi connectivity index (χ1n) is 26.5. The van der Waals surface area contributed by atoms with E-state index < -0.39 is 71.2 Å². The molecule has 0 bridgehead atoms. The average Bonchev–Trinajstić information content (AvgIpc) is 4.34. The molecule has 0 aliphatic carbocycles. The number of nitriles is 1. The highest BCUT2D eigenvalue weighted by molar-refractivity contribution is 7.13. The van der Waals surface area contributed by atoms with Gasteiger partial charge in [-0.05, 0) is 76.8 Å². The molecule has 9 rings (SSSR count). The Labute approximate surface area is 468 Å². The minimum absolute atomic E-state index is 0.000570. The zero-order chi connectivity index (χ0) is 56.5. The van der Waals surface area contributed by atoms with Crippen molar-refractivity contribution in [3.63, 3.8) is 0 Å². The summed E-state index contributed by atoms with van der Waals surface area (Å²) in [7, 11) is 0. The van der Waals surface area contributed by atoms with E-state index in [1.807, 2.05) is 116 Å². The molecule has 6 aromatic rings. The number of aromatic nitrogens is 2. The molecule has 0 saturated carbocycles. The fraction of sp³-hybridized carbons (Fsp3) is 0.400. The number of aliphatic hydroxyl groups is 2. The molecule has 4 aromatic carbocycles. The number of likely N-dealkylation sites (tertiary alicyclic amines) is 2. The molecule has 2 aromatic heterocycles. The van der Waals surface area contributed by atoms with E-state index in [0.29, 0.717) is 16.9 Å². The molecule has 5 N–H and O–H groups in total. The van der Waals surface area contributed by atoms with E-state index in [9.17, 15) is 39.4 Å². The van der Waals surface area contributed by atoms with E-state index >= 15 is 0 Å². The van der Waals surface area contributed by atoms with Crippen LogP contribution in [0.1, 0.15) is 110 Å². The lowest BCUT2D eigenvalue weighted by molar-refractivity contribution is -0.152. The molecule has 2 saturated heterocycles. The first-order valence-corrected chi connectivity index (χ1v) is 28.2. The third-order valence-corrected chi connectivity index (χ3v) is 17.0. The summed E-state index contributed by atoms with van der Waals surface area (Å²) in [6.07, 6.45) is -2.61. The van der Waals surface area contributed by atoms with Crippen LogP contribution < -0.4 is 20.7 Å². The normalized spacial score (nSPS) is 20.0. The van der Waals surface area contributed by atoms with Gasteiger partial charge in [0.15, 0.2) is 0 Å². The number of carbonyl (C=O) groups excluding carboxylic acids is 5. The second-order valence-corrected chi connectivity index (χ2v) is 24.6. The van der Waals surface area contributed by atoms with E-state index in [2.05, 4.69) is 25.9 Å². The summed E-state index contributed by atoms with van der Waals surface area (Å²) in [5, 5.41) is 41.6. The maximum atomic E-state index is 14.9. The van der Waals surface area contributed by atoms with Gasteiger partial charge < -0.3 is 40.7 Å². The first-order chi connectivity index (χ1) is 37.6. The third-order valence-electron chi connectivity index (χ3n) is 15.0. The Bertz CT molecular complexity index is 3280. The number of β-amino-alcohol motifs (C(OH)–C–C–N with tert-alkyl or cyclic N) is 1. The molecule has 0 spiro atoms. The number of hydrogen-bond donors (Lipinski definition) is 5. The lowest BCUT2D eigenvalue weighted by atomic mass is 9.84. The number of nitrogens with zero attached hydrogens (tertiary/aromatic N) is 6. The Morgan fingerprint density at radius 2 is 1.29 bits per heavy atom. The van der Waals surface area contributed by atoms with Crippen LogP contribution in [0.5, 0.6) is 5.75 Å². The fourth-order valence-corrected chi connectivity index (χ4v) is 12.5. The second kappa shape index (κ2) is 23.2. The van der Waals surface area contributed by atoms with E-state index in [1.54, 1.807) is 63.4 Å². The van der Waals surface area contributed by atoms with Gasteiger partial charge in [-0.15, -0.1) is 22.7 Å². The summed E-state index contributed by atoms with van der Waals surface area (Å²) in [6, 6.07) is 25.4. The lowest BCUT2D eigenvalue weighted by Crippen LogP contribution is -2.57. The Morgan fingerprint density at radius 1 is 0.734 bits per heavy atom. The van der Waals surface area contributed by atoms with E-state index in [4.69, 9.17) is 4.74 Å². The molecule has 19 heteroatoms. The number of rotatable bonds is 15. The van der Waals surface area contributed by atoms with Gasteiger partial charge in [0.05, 0.1) is 68.0 Å². The van der Waals surface area contributed by atoms with Crippen LogP contribution in [0.4, 0.5) is 0 Å². The van der Waals surface area contributed by atoms with Crippen LogP contribution in [-0.4, -0.2) is 114 Å². The summed E-state index contributed by atoms with van der Waals surface area (Å²) >= 11 is 3.12. The van der Waals surface area contributed by atoms with Crippen molar-refractivity contribution in [1.82, 2.24) is 40.6 Å². The van der Waals surface area contributed by atoms with Crippen LogP contribution >= 0.6 is 22.7 Å². The van der Waals surface area contributed by atoms with Crippen LogP contribution in [0.25, 0.3) is 20.9 Å². The number of aryl methyl sites for hydroxylation is 2. The summed E-state index contributed by atoms with van der Waals surface area (Å²) in [5.41, 5.74) is 9.24. The summed E-state index contributed by atoms with van der Waals surface area (Å²) < 4.78 is 6.64. The van der Waals surface area contributed by atoms with Crippen LogP contribution in [0.3, 0.4) is 0 Å². The van der Waals surface area contributed by atoms with Crippen molar-refractivity contribution >= 4 is 52.2 Å². The number of ether oxygens (including phenoxy) is 1. The number of thiazole rings is 2. The van der Waals surface area contributed by atoms with Crippen molar-refractivity contribution in [2.75, 3.05) is 13.1 Å². The van der Waals surface area contributed by atoms with Gasteiger partial charge >= 0.3 is 0 Å². The number of aliphatic hydroxyl groups excluding tert-OH is 2. The van der Waals surface area contributed by atoms with Crippen molar-refractivity contribution in [2.45, 2.75) is 130 Å². The monoisotopic (exact) mass is 1110 g/mol. The van der Waals surface area contributed by atoms with Gasteiger partial charge in [0, 0.05) is 44.6 Å². The Morgan fingerprint density at radius 3 is 1.82 bits per heavy atom.